The van der Waals surface area contributed by atoms with Crippen LogP contribution >= 0.6 is 0 Å². The minimum Gasteiger partial charge on any atom is -0.394 e. The smallest absolute Gasteiger partial charge is 0.158 e. The van der Waals surface area contributed by atoms with E-state index in [1.54, 1.807) is 0 Å². The van der Waals surface area contributed by atoms with Gasteiger partial charge in [-0.1, -0.05) is 13.8 Å². The van der Waals surface area contributed by atoms with Gasteiger partial charge < -0.3 is 14.6 Å². The number of aliphatic hydroxyl groups excluding tert-OH is 1. The number of rotatable bonds is 5. The van der Waals surface area contributed by atoms with Crippen molar-refractivity contribution in [3.8, 4) is 0 Å². The Morgan fingerprint density at radius 3 is 2.77 bits per heavy atom. The van der Waals surface area contributed by atoms with Crippen molar-refractivity contribution >= 4 is 0 Å². The first kappa shape index (κ1) is 11.0. The molecule has 3 nitrogen and oxygen atoms in total. The van der Waals surface area contributed by atoms with Gasteiger partial charge in [-0.15, -0.1) is 0 Å². The highest BCUT2D eigenvalue weighted by atomic mass is 16.7. The normalized spacial score (nSPS) is 28.6. The summed E-state index contributed by atoms with van der Waals surface area (Å²) >= 11 is 0. The lowest BCUT2D eigenvalue weighted by atomic mass is 10.1. The lowest BCUT2D eigenvalue weighted by molar-refractivity contribution is -0.141. The molecule has 78 valence electrons. The van der Waals surface area contributed by atoms with Crippen LogP contribution in [0.15, 0.2) is 0 Å². The molecule has 0 aromatic carbocycles. The van der Waals surface area contributed by atoms with Gasteiger partial charge in [-0.25, -0.2) is 0 Å². The molecular formula is C10H20O3. The molecule has 1 aliphatic heterocycles. The molecule has 0 aromatic heterocycles. The molecule has 0 radical (unpaired) electrons. The Kier molecular flexibility index (Phi) is 4.70. The molecule has 0 bridgehead atoms. The van der Waals surface area contributed by atoms with E-state index in [0.717, 1.165) is 25.9 Å². The first-order valence-corrected chi connectivity index (χ1v) is 5.10. The van der Waals surface area contributed by atoms with Crippen molar-refractivity contribution in [1.29, 1.82) is 0 Å². The molecular weight excluding hydrogens is 168 g/mol. The van der Waals surface area contributed by atoms with E-state index < -0.39 is 0 Å². The summed E-state index contributed by atoms with van der Waals surface area (Å²) in [5, 5.41) is 8.82. The molecule has 0 saturated carbocycles. The molecule has 1 fully saturated rings. The highest BCUT2D eigenvalue weighted by Crippen LogP contribution is 2.20. The second-order valence-corrected chi connectivity index (χ2v) is 4.00. The summed E-state index contributed by atoms with van der Waals surface area (Å²) in [5.74, 6) is 0.676. The van der Waals surface area contributed by atoms with Gasteiger partial charge in [0.2, 0.25) is 0 Å². The van der Waals surface area contributed by atoms with E-state index in [-0.39, 0.29) is 19.0 Å². The van der Waals surface area contributed by atoms with Crippen LogP contribution in [0.2, 0.25) is 0 Å². The highest BCUT2D eigenvalue weighted by Gasteiger charge is 2.24. The maximum atomic E-state index is 8.82. The Bertz CT molecular complexity index is 136. The van der Waals surface area contributed by atoms with Crippen LogP contribution in [-0.4, -0.2) is 30.7 Å². The van der Waals surface area contributed by atoms with Gasteiger partial charge in [0.05, 0.1) is 12.7 Å². The molecule has 0 amide bonds. The van der Waals surface area contributed by atoms with Crippen molar-refractivity contribution < 1.29 is 14.6 Å². The van der Waals surface area contributed by atoms with Gasteiger partial charge in [0, 0.05) is 13.0 Å². The van der Waals surface area contributed by atoms with Crippen molar-refractivity contribution in [2.24, 2.45) is 5.92 Å². The standard InChI is InChI=1S/C10H20O3/c1-8(2)5-6-12-10-4-3-9(7-11)13-10/h8-11H,3-7H2,1-2H3/t9-,10+/m0/s1. The molecule has 13 heavy (non-hydrogen) atoms. The van der Waals surface area contributed by atoms with Crippen LogP contribution in [0.4, 0.5) is 0 Å². The zero-order valence-corrected chi connectivity index (χ0v) is 8.53. The van der Waals surface area contributed by atoms with E-state index in [9.17, 15) is 0 Å². The third-order valence-electron chi connectivity index (χ3n) is 2.27. The number of aliphatic hydroxyl groups is 1. The fourth-order valence-corrected chi connectivity index (χ4v) is 1.36. The third-order valence-corrected chi connectivity index (χ3v) is 2.27. The zero-order chi connectivity index (χ0) is 9.68. The maximum absolute atomic E-state index is 8.82. The van der Waals surface area contributed by atoms with E-state index in [2.05, 4.69) is 13.8 Å². The van der Waals surface area contributed by atoms with Crippen molar-refractivity contribution in [1.82, 2.24) is 0 Å². The molecule has 1 heterocycles. The average molecular weight is 188 g/mol. The van der Waals surface area contributed by atoms with E-state index in [4.69, 9.17) is 14.6 Å². The molecule has 0 unspecified atom stereocenters. The third kappa shape index (κ3) is 4.07. The minimum atomic E-state index is -0.0732. The number of hydrogen-bond acceptors (Lipinski definition) is 3. The van der Waals surface area contributed by atoms with Gasteiger partial charge in [0.15, 0.2) is 6.29 Å². The Morgan fingerprint density at radius 1 is 1.46 bits per heavy atom. The summed E-state index contributed by atoms with van der Waals surface area (Å²) in [7, 11) is 0. The Labute approximate surface area is 80.0 Å². The molecule has 2 atom stereocenters. The minimum absolute atomic E-state index is 0.00375. The molecule has 1 saturated heterocycles. The van der Waals surface area contributed by atoms with Crippen molar-refractivity contribution in [2.45, 2.75) is 45.5 Å². The van der Waals surface area contributed by atoms with Crippen LogP contribution in [0.1, 0.15) is 33.1 Å². The fourth-order valence-electron chi connectivity index (χ4n) is 1.36. The van der Waals surface area contributed by atoms with Crippen molar-refractivity contribution in [2.75, 3.05) is 13.2 Å². The van der Waals surface area contributed by atoms with Crippen LogP contribution in [0, 0.1) is 5.92 Å². The Balaban J connectivity index is 2.03. The van der Waals surface area contributed by atoms with Gasteiger partial charge >= 0.3 is 0 Å². The number of hydrogen-bond donors (Lipinski definition) is 1. The maximum Gasteiger partial charge on any atom is 0.158 e. The Morgan fingerprint density at radius 2 is 2.23 bits per heavy atom. The first-order chi connectivity index (χ1) is 6.22. The second-order valence-electron chi connectivity index (χ2n) is 4.00. The molecule has 0 aromatic rings. The van der Waals surface area contributed by atoms with Gasteiger partial charge in [0.1, 0.15) is 0 Å². The summed E-state index contributed by atoms with van der Waals surface area (Å²) in [6.07, 6.45) is 2.84. The highest BCUT2D eigenvalue weighted by molar-refractivity contribution is 4.66. The summed E-state index contributed by atoms with van der Waals surface area (Å²) in [4.78, 5) is 0. The van der Waals surface area contributed by atoms with Gasteiger partial charge in [-0.2, -0.15) is 0 Å². The fraction of sp³-hybridized carbons (Fsp3) is 1.00. The second kappa shape index (κ2) is 5.58. The van der Waals surface area contributed by atoms with E-state index in [1.807, 2.05) is 0 Å². The van der Waals surface area contributed by atoms with Gasteiger partial charge in [-0.05, 0) is 18.8 Å². The van der Waals surface area contributed by atoms with E-state index >= 15 is 0 Å². The molecule has 0 spiro atoms. The van der Waals surface area contributed by atoms with Crippen LogP contribution in [0.3, 0.4) is 0 Å². The van der Waals surface area contributed by atoms with Crippen molar-refractivity contribution in [3.63, 3.8) is 0 Å². The van der Waals surface area contributed by atoms with Crippen LogP contribution in [0.25, 0.3) is 0 Å². The van der Waals surface area contributed by atoms with E-state index in [1.165, 1.54) is 0 Å². The Hall–Kier alpha value is -0.120. The molecule has 1 N–H and O–H groups in total. The molecule has 1 aliphatic rings. The predicted octanol–water partition coefficient (Wildman–Crippen LogP) is 1.55. The predicted molar refractivity (Wildman–Crippen MR) is 50.4 cm³/mol. The van der Waals surface area contributed by atoms with Crippen LogP contribution in [0.5, 0.6) is 0 Å². The quantitative estimate of drug-likeness (QED) is 0.711. The van der Waals surface area contributed by atoms with E-state index in [0.29, 0.717) is 5.92 Å². The summed E-state index contributed by atoms with van der Waals surface area (Å²) in [6.45, 7) is 5.23. The van der Waals surface area contributed by atoms with Crippen molar-refractivity contribution in [3.05, 3.63) is 0 Å². The molecule has 0 aliphatic carbocycles. The lowest BCUT2D eigenvalue weighted by Gasteiger charge is -2.13. The number of ether oxygens (including phenoxy) is 2. The summed E-state index contributed by atoms with van der Waals surface area (Å²) in [5.41, 5.74) is 0. The lowest BCUT2D eigenvalue weighted by Crippen LogP contribution is -2.17. The first-order valence-electron chi connectivity index (χ1n) is 5.10. The van der Waals surface area contributed by atoms with Crippen LogP contribution in [-0.2, 0) is 9.47 Å². The van der Waals surface area contributed by atoms with Gasteiger partial charge in [0.25, 0.3) is 0 Å². The monoisotopic (exact) mass is 188 g/mol. The summed E-state index contributed by atoms with van der Waals surface area (Å²) in [6, 6.07) is 0. The summed E-state index contributed by atoms with van der Waals surface area (Å²) < 4.78 is 10.9. The SMILES string of the molecule is CC(C)CCO[C@H]1CC[C@@H](CO)O1. The topological polar surface area (TPSA) is 38.7 Å². The van der Waals surface area contributed by atoms with Crippen LogP contribution < -0.4 is 0 Å². The molecule has 3 heteroatoms. The average Bonchev–Trinajstić information content (AvgIpc) is 2.52. The zero-order valence-electron chi connectivity index (χ0n) is 8.53. The van der Waals surface area contributed by atoms with Gasteiger partial charge in [-0.3, -0.25) is 0 Å². The largest absolute Gasteiger partial charge is 0.394 e. The molecule has 1 rings (SSSR count).